The van der Waals surface area contributed by atoms with E-state index in [9.17, 15) is 0 Å². The average molecular weight is 232 g/mol. The molecule has 3 nitrogen and oxygen atoms in total. The zero-order valence-corrected chi connectivity index (χ0v) is 11.2. The maximum absolute atomic E-state index is 5.45. The Balaban J connectivity index is 2.88. The highest BCUT2D eigenvalue weighted by Gasteiger charge is 1.94. The van der Waals surface area contributed by atoms with Crippen molar-refractivity contribution in [3.63, 3.8) is 0 Å². The minimum Gasteiger partial charge on any atom is -0.379 e. The minimum atomic E-state index is 0.676. The number of ether oxygens (including phenoxy) is 3. The van der Waals surface area contributed by atoms with Crippen molar-refractivity contribution in [1.82, 2.24) is 0 Å². The second-order valence-electron chi connectivity index (χ2n) is 4.37. The molecule has 16 heavy (non-hydrogen) atoms. The predicted molar refractivity (Wildman–Crippen MR) is 66.8 cm³/mol. The van der Waals surface area contributed by atoms with Crippen molar-refractivity contribution in [2.24, 2.45) is 5.92 Å². The molecule has 0 aliphatic heterocycles. The molecule has 0 N–H and O–H groups in total. The first-order valence-electron chi connectivity index (χ1n) is 6.50. The van der Waals surface area contributed by atoms with Crippen LogP contribution in [-0.2, 0) is 14.2 Å². The zero-order chi connectivity index (χ0) is 12.1. The summed E-state index contributed by atoms with van der Waals surface area (Å²) in [7, 11) is 0. The third-order valence-electron chi connectivity index (χ3n) is 2.16. The van der Waals surface area contributed by atoms with E-state index >= 15 is 0 Å². The van der Waals surface area contributed by atoms with Gasteiger partial charge in [0, 0.05) is 13.2 Å². The van der Waals surface area contributed by atoms with Gasteiger partial charge >= 0.3 is 0 Å². The van der Waals surface area contributed by atoms with Crippen LogP contribution < -0.4 is 0 Å². The summed E-state index contributed by atoms with van der Waals surface area (Å²) in [6, 6.07) is 0. The van der Waals surface area contributed by atoms with E-state index in [0.717, 1.165) is 32.0 Å². The fourth-order valence-corrected chi connectivity index (χ4v) is 1.28. The maximum Gasteiger partial charge on any atom is 0.0701 e. The second-order valence-corrected chi connectivity index (χ2v) is 4.37. The smallest absolute Gasteiger partial charge is 0.0701 e. The summed E-state index contributed by atoms with van der Waals surface area (Å²) in [5.41, 5.74) is 0. The van der Waals surface area contributed by atoms with Gasteiger partial charge in [-0.3, -0.25) is 0 Å². The second kappa shape index (κ2) is 12.9. The molecule has 0 rings (SSSR count). The summed E-state index contributed by atoms with van der Waals surface area (Å²) in [6.07, 6.45) is 3.46. The first-order chi connectivity index (χ1) is 7.77. The van der Waals surface area contributed by atoms with Gasteiger partial charge in [-0.1, -0.05) is 20.8 Å². The molecule has 0 aliphatic carbocycles. The molecule has 0 heterocycles. The first kappa shape index (κ1) is 15.9. The number of hydrogen-bond donors (Lipinski definition) is 0. The Morgan fingerprint density at radius 1 is 0.750 bits per heavy atom. The molecule has 0 saturated carbocycles. The molecule has 98 valence electrons. The van der Waals surface area contributed by atoms with Crippen LogP contribution in [0, 0.1) is 5.92 Å². The van der Waals surface area contributed by atoms with Crippen molar-refractivity contribution in [1.29, 1.82) is 0 Å². The Morgan fingerprint density at radius 2 is 1.25 bits per heavy atom. The molecule has 0 aliphatic rings. The van der Waals surface area contributed by atoms with Crippen LogP contribution in [0.25, 0.3) is 0 Å². The molecular weight excluding hydrogens is 204 g/mol. The summed E-state index contributed by atoms with van der Waals surface area (Å²) in [5, 5.41) is 0. The lowest BCUT2D eigenvalue weighted by Crippen LogP contribution is -2.10. The quantitative estimate of drug-likeness (QED) is 0.484. The summed E-state index contributed by atoms with van der Waals surface area (Å²) in [6.45, 7) is 11.0. The van der Waals surface area contributed by atoms with Crippen molar-refractivity contribution in [3.05, 3.63) is 0 Å². The maximum atomic E-state index is 5.45. The van der Waals surface area contributed by atoms with Crippen molar-refractivity contribution in [2.45, 2.75) is 40.0 Å². The van der Waals surface area contributed by atoms with Gasteiger partial charge in [0.1, 0.15) is 0 Å². The minimum absolute atomic E-state index is 0.676. The normalized spacial score (nSPS) is 11.2. The molecule has 0 aromatic heterocycles. The molecular formula is C13H28O3. The van der Waals surface area contributed by atoms with Crippen LogP contribution in [0.15, 0.2) is 0 Å². The van der Waals surface area contributed by atoms with Crippen molar-refractivity contribution < 1.29 is 14.2 Å². The number of hydrogen-bond acceptors (Lipinski definition) is 3. The standard InChI is InChI=1S/C13H28O3/c1-4-7-14-9-11-16-12-10-15-8-5-6-13(2)3/h13H,4-12H2,1-3H3. The summed E-state index contributed by atoms with van der Waals surface area (Å²) in [5.74, 6) is 0.774. The van der Waals surface area contributed by atoms with Crippen LogP contribution in [0.2, 0.25) is 0 Å². The number of rotatable bonds is 12. The first-order valence-corrected chi connectivity index (χ1v) is 6.50. The molecule has 0 fully saturated rings. The van der Waals surface area contributed by atoms with Gasteiger partial charge < -0.3 is 14.2 Å². The molecule has 0 radical (unpaired) electrons. The van der Waals surface area contributed by atoms with Crippen LogP contribution in [-0.4, -0.2) is 39.6 Å². The highest BCUT2D eigenvalue weighted by atomic mass is 16.5. The molecule has 0 bridgehead atoms. The van der Waals surface area contributed by atoms with Crippen molar-refractivity contribution in [2.75, 3.05) is 39.6 Å². The highest BCUT2D eigenvalue weighted by molar-refractivity contribution is 4.44. The lowest BCUT2D eigenvalue weighted by atomic mass is 10.1. The van der Waals surface area contributed by atoms with E-state index in [1.54, 1.807) is 0 Å². The molecule has 0 saturated heterocycles. The van der Waals surface area contributed by atoms with Crippen LogP contribution >= 0.6 is 0 Å². The summed E-state index contributed by atoms with van der Waals surface area (Å²) >= 11 is 0. The molecule has 0 unspecified atom stereocenters. The van der Waals surface area contributed by atoms with Crippen LogP contribution in [0.3, 0.4) is 0 Å². The van der Waals surface area contributed by atoms with E-state index in [2.05, 4.69) is 20.8 Å². The Morgan fingerprint density at radius 3 is 1.75 bits per heavy atom. The van der Waals surface area contributed by atoms with Gasteiger partial charge in [0.2, 0.25) is 0 Å². The molecule has 0 atom stereocenters. The molecule has 3 heteroatoms. The SMILES string of the molecule is CCCOCCOCCOCCCC(C)C. The van der Waals surface area contributed by atoms with Gasteiger partial charge in [0.05, 0.1) is 26.4 Å². The van der Waals surface area contributed by atoms with Gasteiger partial charge in [0.15, 0.2) is 0 Å². The summed E-state index contributed by atoms with van der Waals surface area (Å²) < 4.78 is 16.1. The van der Waals surface area contributed by atoms with Crippen LogP contribution in [0.4, 0.5) is 0 Å². The third-order valence-corrected chi connectivity index (χ3v) is 2.16. The Kier molecular flexibility index (Phi) is 12.9. The van der Waals surface area contributed by atoms with E-state index in [1.807, 2.05) is 0 Å². The fourth-order valence-electron chi connectivity index (χ4n) is 1.28. The molecule has 0 aromatic rings. The van der Waals surface area contributed by atoms with Crippen LogP contribution in [0.1, 0.15) is 40.0 Å². The summed E-state index contributed by atoms with van der Waals surface area (Å²) in [4.78, 5) is 0. The predicted octanol–water partition coefficient (Wildman–Crippen LogP) is 2.88. The van der Waals surface area contributed by atoms with Gasteiger partial charge in [0.25, 0.3) is 0 Å². The van der Waals surface area contributed by atoms with Gasteiger partial charge in [-0.25, -0.2) is 0 Å². The van der Waals surface area contributed by atoms with E-state index in [4.69, 9.17) is 14.2 Å². The van der Waals surface area contributed by atoms with Crippen molar-refractivity contribution in [3.8, 4) is 0 Å². The molecule has 0 aromatic carbocycles. The van der Waals surface area contributed by atoms with Gasteiger partial charge in [-0.15, -0.1) is 0 Å². The highest BCUT2D eigenvalue weighted by Crippen LogP contribution is 2.02. The topological polar surface area (TPSA) is 27.7 Å². The van der Waals surface area contributed by atoms with Gasteiger partial charge in [-0.05, 0) is 25.2 Å². The average Bonchev–Trinajstić information content (AvgIpc) is 2.25. The van der Waals surface area contributed by atoms with Gasteiger partial charge in [-0.2, -0.15) is 0 Å². The fraction of sp³-hybridized carbons (Fsp3) is 1.00. The molecule has 0 spiro atoms. The van der Waals surface area contributed by atoms with E-state index in [1.165, 1.54) is 6.42 Å². The largest absolute Gasteiger partial charge is 0.379 e. The lowest BCUT2D eigenvalue weighted by Gasteiger charge is -2.07. The van der Waals surface area contributed by atoms with E-state index in [0.29, 0.717) is 26.4 Å². The zero-order valence-electron chi connectivity index (χ0n) is 11.2. The van der Waals surface area contributed by atoms with E-state index < -0.39 is 0 Å². The lowest BCUT2D eigenvalue weighted by molar-refractivity contribution is 0.0137. The Labute approximate surface area is 100 Å². The van der Waals surface area contributed by atoms with Crippen LogP contribution in [0.5, 0.6) is 0 Å². The van der Waals surface area contributed by atoms with E-state index in [-0.39, 0.29) is 0 Å². The monoisotopic (exact) mass is 232 g/mol. The Bertz CT molecular complexity index is 126. The Hall–Kier alpha value is -0.120. The molecule has 0 amide bonds. The van der Waals surface area contributed by atoms with Crippen molar-refractivity contribution >= 4 is 0 Å². The third kappa shape index (κ3) is 13.9.